The smallest absolute Gasteiger partial charge is 0.337 e. The number of hydrogen-bond acceptors (Lipinski definition) is 6. The average molecular weight is 347 g/mol. The van der Waals surface area contributed by atoms with Crippen LogP contribution in [-0.4, -0.2) is 34.7 Å². The second kappa shape index (κ2) is 8.30. The van der Waals surface area contributed by atoms with Crippen molar-refractivity contribution in [3.63, 3.8) is 0 Å². The quantitative estimate of drug-likeness (QED) is 0.470. The Labute approximate surface area is 142 Å². The summed E-state index contributed by atoms with van der Waals surface area (Å²) >= 11 is 1.15. The first kappa shape index (κ1) is 17.7. The minimum Gasteiger partial charge on any atom is -0.465 e. The van der Waals surface area contributed by atoms with Crippen LogP contribution in [0.4, 0.5) is 5.69 Å². The Balaban J connectivity index is 1.92. The molecule has 8 heteroatoms. The molecule has 1 heterocycles. The third kappa shape index (κ3) is 4.95. The SMILES string of the molecule is CCc1cc(=O)[nH]c(SCC(=O)Nc2ccc(C(=O)OC)cc2)n1. The summed E-state index contributed by atoms with van der Waals surface area (Å²) in [5.74, 6) is -0.570. The predicted molar refractivity (Wildman–Crippen MR) is 91.4 cm³/mol. The van der Waals surface area contributed by atoms with Crippen LogP contribution in [0.25, 0.3) is 0 Å². The fraction of sp³-hybridized carbons (Fsp3) is 0.250. The Bertz CT molecular complexity index is 787. The van der Waals surface area contributed by atoms with Gasteiger partial charge in [-0.3, -0.25) is 9.59 Å². The van der Waals surface area contributed by atoms with Gasteiger partial charge in [0.05, 0.1) is 18.4 Å². The zero-order valence-corrected chi connectivity index (χ0v) is 14.1. The molecular weight excluding hydrogens is 330 g/mol. The van der Waals surface area contributed by atoms with E-state index in [4.69, 9.17) is 0 Å². The molecule has 0 fully saturated rings. The molecule has 2 N–H and O–H groups in total. The van der Waals surface area contributed by atoms with Gasteiger partial charge < -0.3 is 15.0 Å². The van der Waals surface area contributed by atoms with E-state index in [1.54, 1.807) is 24.3 Å². The maximum Gasteiger partial charge on any atom is 0.337 e. The number of methoxy groups -OCH3 is 1. The molecule has 0 unspecified atom stereocenters. The van der Waals surface area contributed by atoms with Crippen molar-refractivity contribution < 1.29 is 14.3 Å². The average Bonchev–Trinajstić information content (AvgIpc) is 2.59. The van der Waals surface area contributed by atoms with Gasteiger partial charge in [0.15, 0.2) is 5.16 Å². The van der Waals surface area contributed by atoms with E-state index in [9.17, 15) is 14.4 Å². The van der Waals surface area contributed by atoms with Gasteiger partial charge in [0.1, 0.15) is 0 Å². The Hall–Kier alpha value is -2.61. The molecule has 7 nitrogen and oxygen atoms in total. The van der Waals surface area contributed by atoms with Gasteiger partial charge in [0.25, 0.3) is 5.56 Å². The number of hydrogen-bond donors (Lipinski definition) is 2. The Morgan fingerprint density at radius 3 is 2.62 bits per heavy atom. The van der Waals surface area contributed by atoms with Gasteiger partial charge in [-0.15, -0.1) is 0 Å². The number of anilines is 1. The molecule has 0 atom stereocenters. The number of carbonyl (C=O) groups is 2. The number of nitrogens with one attached hydrogen (secondary N) is 2. The molecule has 1 aromatic heterocycles. The zero-order chi connectivity index (χ0) is 17.5. The highest BCUT2D eigenvalue weighted by atomic mass is 32.2. The van der Waals surface area contributed by atoms with Gasteiger partial charge in [-0.2, -0.15) is 0 Å². The van der Waals surface area contributed by atoms with E-state index < -0.39 is 5.97 Å². The molecule has 24 heavy (non-hydrogen) atoms. The van der Waals surface area contributed by atoms with Gasteiger partial charge >= 0.3 is 5.97 Å². The van der Waals surface area contributed by atoms with E-state index in [2.05, 4.69) is 20.0 Å². The van der Waals surface area contributed by atoms with Crippen molar-refractivity contribution in [2.45, 2.75) is 18.5 Å². The number of esters is 1. The number of aromatic amines is 1. The van der Waals surface area contributed by atoms with Crippen LogP contribution in [0.15, 0.2) is 40.3 Å². The van der Waals surface area contributed by atoms with Gasteiger partial charge in [-0.1, -0.05) is 18.7 Å². The summed E-state index contributed by atoms with van der Waals surface area (Å²) in [6.07, 6.45) is 0.649. The fourth-order valence-electron chi connectivity index (χ4n) is 1.87. The van der Waals surface area contributed by atoms with Crippen LogP contribution < -0.4 is 10.9 Å². The molecule has 0 aliphatic carbocycles. The standard InChI is InChI=1S/C16H17N3O4S/c1-3-11-8-13(20)19-16(18-11)24-9-14(21)17-12-6-4-10(5-7-12)15(22)23-2/h4-8H,3,9H2,1-2H3,(H,17,21)(H,18,19,20). The first-order valence-electron chi connectivity index (χ1n) is 7.23. The summed E-state index contributed by atoms with van der Waals surface area (Å²) in [5.41, 5.74) is 1.42. The summed E-state index contributed by atoms with van der Waals surface area (Å²) in [7, 11) is 1.31. The highest BCUT2D eigenvalue weighted by Crippen LogP contribution is 2.14. The van der Waals surface area contributed by atoms with Crippen molar-refractivity contribution in [2.75, 3.05) is 18.2 Å². The van der Waals surface area contributed by atoms with Gasteiger partial charge in [0, 0.05) is 17.4 Å². The van der Waals surface area contributed by atoms with Crippen LogP contribution in [0.3, 0.4) is 0 Å². The lowest BCUT2D eigenvalue weighted by Crippen LogP contribution is -2.16. The van der Waals surface area contributed by atoms with E-state index in [1.807, 2.05) is 6.92 Å². The van der Waals surface area contributed by atoms with Crippen molar-refractivity contribution in [1.82, 2.24) is 9.97 Å². The number of aryl methyl sites for hydroxylation is 1. The molecule has 126 valence electrons. The lowest BCUT2D eigenvalue weighted by Gasteiger charge is -2.06. The van der Waals surface area contributed by atoms with Crippen LogP contribution in [0.5, 0.6) is 0 Å². The molecule has 0 radical (unpaired) electrons. The van der Waals surface area contributed by atoms with E-state index in [-0.39, 0.29) is 17.2 Å². The molecule has 0 bridgehead atoms. The Morgan fingerprint density at radius 2 is 2.00 bits per heavy atom. The first-order chi connectivity index (χ1) is 11.5. The fourth-order valence-corrected chi connectivity index (χ4v) is 2.57. The molecule has 2 rings (SSSR count). The van der Waals surface area contributed by atoms with E-state index in [1.165, 1.54) is 13.2 Å². The number of H-pyrrole nitrogens is 1. The molecular formula is C16H17N3O4S. The van der Waals surface area contributed by atoms with Crippen molar-refractivity contribution in [3.8, 4) is 0 Å². The molecule has 0 spiro atoms. The summed E-state index contributed by atoms with van der Waals surface area (Å²) in [6.45, 7) is 1.90. The van der Waals surface area contributed by atoms with Crippen molar-refractivity contribution in [2.24, 2.45) is 0 Å². The van der Waals surface area contributed by atoms with Crippen LogP contribution in [0.1, 0.15) is 23.0 Å². The summed E-state index contributed by atoms with van der Waals surface area (Å²) < 4.78 is 4.61. The Kier molecular flexibility index (Phi) is 6.14. The maximum absolute atomic E-state index is 12.0. The molecule has 0 aliphatic rings. The van der Waals surface area contributed by atoms with Gasteiger partial charge in [0.2, 0.25) is 5.91 Å². The van der Waals surface area contributed by atoms with Crippen LogP contribution in [-0.2, 0) is 16.0 Å². The maximum atomic E-state index is 12.0. The number of nitrogens with zero attached hydrogens (tertiary/aromatic N) is 1. The molecule has 1 amide bonds. The highest BCUT2D eigenvalue weighted by Gasteiger charge is 2.08. The number of rotatable bonds is 6. The number of thioether (sulfide) groups is 1. The largest absolute Gasteiger partial charge is 0.465 e. The second-order valence-electron chi connectivity index (χ2n) is 4.80. The molecule has 0 aliphatic heterocycles. The van der Waals surface area contributed by atoms with Crippen molar-refractivity contribution >= 4 is 29.3 Å². The Morgan fingerprint density at radius 1 is 1.29 bits per heavy atom. The lowest BCUT2D eigenvalue weighted by atomic mass is 10.2. The van der Waals surface area contributed by atoms with Gasteiger partial charge in [-0.05, 0) is 30.7 Å². The minimum absolute atomic E-state index is 0.106. The van der Waals surface area contributed by atoms with E-state index in [0.717, 1.165) is 11.8 Å². The van der Waals surface area contributed by atoms with E-state index in [0.29, 0.717) is 28.5 Å². The topological polar surface area (TPSA) is 101 Å². The van der Waals surface area contributed by atoms with Crippen LogP contribution in [0.2, 0.25) is 0 Å². The molecule has 1 aromatic carbocycles. The summed E-state index contributed by atoms with van der Waals surface area (Å²) in [6, 6.07) is 7.81. The lowest BCUT2D eigenvalue weighted by molar-refractivity contribution is -0.113. The third-order valence-corrected chi connectivity index (χ3v) is 3.94. The van der Waals surface area contributed by atoms with E-state index >= 15 is 0 Å². The number of ether oxygens (including phenoxy) is 1. The normalized spacial score (nSPS) is 10.2. The minimum atomic E-state index is -0.436. The van der Waals surface area contributed by atoms with Crippen LogP contribution in [0, 0.1) is 0 Å². The summed E-state index contributed by atoms with van der Waals surface area (Å²) in [5, 5.41) is 3.12. The number of carbonyl (C=O) groups excluding carboxylic acids is 2. The number of amides is 1. The molecule has 2 aromatic rings. The van der Waals surface area contributed by atoms with Crippen molar-refractivity contribution in [1.29, 1.82) is 0 Å². The number of aromatic nitrogens is 2. The summed E-state index contributed by atoms with van der Waals surface area (Å²) in [4.78, 5) is 41.6. The second-order valence-corrected chi connectivity index (χ2v) is 5.77. The van der Waals surface area contributed by atoms with Crippen molar-refractivity contribution in [3.05, 3.63) is 51.9 Å². The number of benzene rings is 1. The molecule has 0 saturated carbocycles. The van der Waals surface area contributed by atoms with Crippen LogP contribution >= 0.6 is 11.8 Å². The zero-order valence-electron chi connectivity index (χ0n) is 13.3. The first-order valence-corrected chi connectivity index (χ1v) is 8.21. The molecule has 0 saturated heterocycles. The monoisotopic (exact) mass is 347 g/mol. The van der Waals surface area contributed by atoms with Gasteiger partial charge in [-0.25, -0.2) is 9.78 Å². The highest BCUT2D eigenvalue weighted by molar-refractivity contribution is 7.99. The third-order valence-electron chi connectivity index (χ3n) is 3.06. The predicted octanol–water partition coefficient (Wildman–Crippen LogP) is 1.85.